The van der Waals surface area contributed by atoms with Gasteiger partial charge in [-0.05, 0) is 35.5 Å². The summed E-state index contributed by atoms with van der Waals surface area (Å²) in [6, 6.07) is 7.33. The highest BCUT2D eigenvalue weighted by Gasteiger charge is 2.33. The molecule has 1 aliphatic rings. The van der Waals surface area contributed by atoms with Gasteiger partial charge >= 0.3 is 0 Å². The molecule has 18 heavy (non-hydrogen) atoms. The van der Waals surface area contributed by atoms with Crippen molar-refractivity contribution in [3.63, 3.8) is 0 Å². The van der Waals surface area contributed by atoms with E-state index < -0.39 is 0 Å². The monoisotopic (exact) mass is 246 g/mol. The fourth-order valence-electron chi connectivity index (χ4n) is 2.86. The predicted octanol–water partition coefficient (Wildman–Crippen LogP) is 4.21. The van der Waals surface area contributed by atoms with Crippen molar-refractivity contribution in [2.24, 2.45) is 11.3 Å². The molecule has 0 unspecified atom stereocenters. The van der Waals surface area contributed by atoms with E-state index in [9.17, 15) is 5.11 Å². The second kappa shape index (κ2) is 4.68. The van der Waals surface area contributed by atoms with E-state index >= 15 is 0 Å². The summed E-state index contributed by atoms with van der Waals surface area (Å²) < 4.78 is 5.90. The van der Waals surface area contributed by atoms with Gasteiger partial charge in [-0.25, -0.2) is 0 Å². The summed E-state index contributed by atoms with van der Waals surface area (Å²) in [7, 11) is 0. The van der Waals surface area contributed by atoms with Gasteiger partial charge in [0.2, 0.25) is 0 Å². The molecule has 2 nitrogen and oxygen atoms in total. The highest BCUT2D eigenvalue weighted by atomic mass is 16.5. The van der Waals surface area contributed by atoms with E-state index in [1.807, 2.05) is 12.1 Å². The van der Waals surface area contributed by atoms with Gasteiger partial charge in [-0.1, -0.05) is 39.8 Å². The highest BCUT2D eigenvalue weighted by Crippen LogP contribution is 2.44. The van der Waals surface area contributed by atoms with Gasteiger partial charge < -0.3 is 9.84 Å². The van der Waals surface area contributed by atoms with Crippen LogP contribution in [-0.4, -0.2) is 11.7 Å². The Bertz CT molecular complexity index is 470. The lowest BCUT2D eigenvalue weighted by Gasteiger charge is -2.37. The lowest BCUT2D eigenvalue weighted by atomic mass is 9.73. The molecule has 1 aromatic carbocycles. The fourth-order valence-corrected chi connectivity index (χ4v) is 2.86. The number of phenols is 1. The van der Waals surface area contributed by atoms with Crippen molar-refractivity contribution < 1.29 is 9.84 Å². The Morgan fingerprint density at radius 3 is 2.61 bits per heavy atom. The largest absolute Gasteiger partial charge is 0.508 e. The third-order valence-corrected chi connectivity index (χ3v) is 3.63. The van der Waals surface area contributed by atoms with Crippen LogP contribution in [0, 0.1) is 11.3 Å². The van der Waals surface area contributed by atoms with Crippen LogP contribution in [0.5, 0.6) is 5.75 Å². The first kappa shape index (κ1) is 13.0. The smallest absolute Gasteiger partial charge is 0.126 e. The van der Waals surface area contributed by atoms with Crippen LogP contribution in [0.2, 0.25) is 0 Å². The molecule has 0 saturated heterocycles. The molecule has 0 bridgehead atoms. The van der Waals surface area contributed by atoms with Gasteiger partial charge in [0, 0.05) is 5.56 Å². The average Bonchev–Trinajstić information content (AvgIpc) is 2.26. The zero-order chi connectivity index (χ0) is 13.3. The molecule has 0 aliphatic carbocycles. The second-order valence-corrected chi connectivity index (χ2v) is 5.93. The lowest BCUT2D eigenvalue weighted by molar-refractivity contribution is 0.180. The van der Waals surface area contributed by atoms with E-state index in [4.69, 9.17) is 4.74 Å². The Labute approximate surface area is 109 Å². The van der Waals surface area contributed by atoms with E-state index in [1.165, 1.54) is 5.57 Å². The molecule has 0 saturated carbocycles. The quantitative estimate of drug-likeness (QED) is 0.847. The first-order valence-corrected chi connectivity index (χ1v) is 6.58. The number of hydrogen-bond donors (Lipinski definition) is 1. The second-order valence-electron chi connectivity index (χ2n) is 5.93. The molecule has 0 atom stereocenters. The Balaban J connectivity index is 2.57. The van der Waals surface area contributed by atoms with Gasteiger partial charge in [-0.15, -0.1) is 0 Å². The van der Waals surface area contributed by atoms with Crippen LogP contribution >= 0.6 is 0 Å². The van der Waals surface area contributed by atoms with Crippen LogP contribution in [0.4, 0.5) is 0 Å². The van der Waals surface area contributed by atoms with Crippen molar-refractivity contribution in [3.8, 4) is 5.75 Å². The third kappa shape index (κ3) is 2.38. The first-order valence-electron chi connectivity index (χ1n) is 6.58. The highest BCUT2D eigenvalue weighted by molar-refractivity contribution is 5.66. The van der Waals surface area contributed by atoms with Gasteiger partial charge in [0.25, 0.3) is 0 Å². The molecule has 1 N–H and O–H groups in total. The van der Waals surface area contributed by atoms with Gasteiger partial charge in [0.05, 0.1) is 6.61 Å². The molecule has 1 aromatic rings. The number of phenolic OH excluding ortho intramolecular Hbond substituents is 1. The number of allylic oxidation sites excluding steroid dienone is 1. The summed E-state index contributed by atoms with van der Waals surface area (Å²) in [5, 5.41) is 9.62. The van der Waals surface area contributed by atoms with Crippen molar-refractivity contribution in [2.75, 3.05) is 6.61 Å². The van der Waals surface area contributed by atoms with Crippen LogP contribution < -0.4 is 0 Å². The summed E-state index contributed by atoms with van der Waals surface area (Å²) in [5.41, 5.74) is 2.48. The predicted molar refractivity (Wildman–Crippen MR) is 74.2 cm³/mol. The Morgan fingerprint density at radius 2 is 2.00 bits per heavy atom. The molecule has 0 aromatic heterocycles. The van der Waals surface area contributed by atoms with E-state index in [2.05, 4.69) is 27.7 Å². The van der Waals surface area contributed by atoms with Gasteiger partial charge in [-0.3, -0.25) is 0 Å². The van der Waals surface area contributed by atoms with Crippen molar-refractivity contribution >= 4 is 5.76 Å². The minimum absolute atomic E-state index is 0.160. The van der Waals surface area contributed by atoms with Crippen molar-refractivity contribution in [2.45, 2.75) is 34.1 Å². The molecule has 1 heterocycles. The lowest BCUT2D eigenvalue weighted by Crippen LogP contribution is -2.27. The minimum Gasteiger partial charge on any atom is -0.508 e. The molecule has 0 amide bonds. The van der Waals surface area contributed by atoms with Crippen molar-refractivity contribution in [3.05, 3.63) is 35.4 Å². The summed E-state index contributed by atoms with van der Waals surface area (Å²) in [6.45, 7) is 9.69. The number of benzene rings is 1. The normalized spacial score (nSPS) is 18.9. The Morgan fingerprint density at radius 1 is 1.28 bits per heavy atom. The minimum atomic E-state index is 0.160. The number of hydrogen-bond acceptors (Lipinski definition) is 2. The number of ether oxygens (including phenoxy) is 1. The summed E-state index contributed by atoms with van der Waals surface area (Å²) in [5.74, 6) is 1.69. The number of aromatic hydroxyl groups is 1. The molecule has 0 fully saturated rings. The van der Waals surface area contributed by atoms with Crippen LogP contribution in [0.15, 0.2) is 29.8 Å². The molecule has 2 rings (SSSR count). The molecule has 0 spiro atoms. The average molecular weight is 246 g/mol. The summed E-state index contributed by atoms with van der Waals surface area (Å²) in [4.78, 5) is 0. The fraction of sp³-hybridized carbons (Fsp3) is 0.500. The maximum Gasteiger partial charge on any atom is 0.126 e. The standard InChI is InChI=1S/C16H22O2/c1-11(2)14-15(18-9-8-16(14,3)4)12-6-5-7-13(17)10-12/h5-7,10-11,17H,8-9H2,1-4H3. The third-order valence-electron chi connectivity index (χ3n) is 3.63. The molecular formula is C16H22O2. The van der Waals surface area contributed by atoms with Crippen LogP contribution in [-0.2, 0) is 4.74 Å². The van der Waals surface area contributed by atoms with E-state index in [1.54, 1.807) is 12.1 Å². The molecule has 98 valence electrons. The molecule has 0 radical (unpaired) electrons. The van der Waals surface area contributed by atoms with E-state index in [-0.39, 0.29) is 11.2 Å². The summed E-state index contributed by atoms with van der Waals surface area (Å²) in [6.07, 6.45) is 1.04. The van der Waals surface area contributed by atoms with E-state index in [0.29, 0.717) is 5.92 Å². The number of rotatable bonds is 2. The Hall–Kier alpha value is -1.44. The maximum atomic E-state index is 9.62. The first-order chi connectivity index (χ1) is 8.42. The van der Waals surface area contributed by atoms with Crippen LogP contribution in [0.25, 0.3) is 5.76 Å². The molecular weight excluding hydrogens is 224 g/mol. The van der Waals surface area contributed by atoms with Crippen molar-refractivity contribution in [1.29, 1.82) is 0 Å². The zero-order valence-corrected chi connectivity index (χ0v) is 11.7. The van der Waals surface area contributed by atoms with E-state index in [0.717, 1.165) is 24.4 Å². The summed E-state index contributed by atoms with van der Waals surface area (Å²) >= 11 is 0. The van der Waals surface area contributed by atoms with Gasteiger partial charge in [0.1, 0.15) is 11.5 Å². The van der Waals surface area contributed by atoms with Crippen LogP contribution in [0.3, 0.4) is 0 Å². The Kier molecular flexibility index (Phi) is 3.38. The van der Waals surface area contributed by atoms with Gasteiger partial charge in [0.15, 0.2) is 0 Å². The molecule has 1 aliphatic heterocycles. The zero-order valence-electron chi connectivity index (χ0n) is 11.7. The van der Waals surface area contributed by atoms with Gasteiger partial charge in [-0.2, -0.15) is 0 Å². The SMILES string of the molecule is CC(C)C1=C(c2cccc(O)c2)OCCC1(C)C. The topological polar surface area (TPSA) is 29.5 Å². The maximum absolute atomic E-state index is 9.62. The van der Waals surface area contributed by atoms with Crippen molar-refractivity contribution in [1.82, 2.24) is 0 Å². The molecule has 2 heteroatoms. The van der Waals surface area contributed by atoms with Crippen LogP contribution in [0.1, 0.15) is 39.7 Å².